The zero-order chi connectivity index (χ0) is 8.72. The third kappa shape index (κ3) is 1.67. The topological polar surface area (TPSA) is 0 Å². The molecule has 0 spiro atoms. The normalized spacial score (nSPS) is 47.2. The molecular formula is C12H22. The fraction of sp³-hybridized carbons (Fsp3) is 1.00. The van der Waals surface area contributed by atoms with Gasteiger partial charge in [-0.05, 0) is 48.9 Å². The first-order chi connectivity index (χ1) is 5.72. The highest BCUT2D eigenvalue weighted by Gasteiger charge is 2.42. The molecule has 0 nitrogen and oxygen atoms in total. The van der Waals surface area contributed by atoms with E-state index in [2.05, 4.69) is 20.8 Å². The number of hydrogen-bond donors (Lipinski definition) is 0. The Morgan fingerprint density at radius 2 is 1.92 bits per heavy atom. The summed E-state index contributed by atoms with van der Waals surface area (Å²) < 4.78 is 0. The molecular weight excluding hydrogens is 144 g/mol. The molecule has 2 aliphatic carbocycles. The van der Waals surface area contributed by atoms with E-state index in [-0.39, 0.29) is 0 Å². The van der Waals surface area contributed by atoms with Gasteiger partial charge in [-0.2, -0.15) is 0 Å². The van der Waals surface area contributed by atoms with Crippen molar-refractivity contribution in [3.8, 4) is 0 Å². The minimum atomic E-state index is 1.03. The highest BCUT2D eigenvalue weighted by atomic mass is 14.5. The average molecular weight is 166 g/mol. The lowest BCUT2D eigenvalue weighted by molar-refractivity contribution is 0.410. The van der Waals surface area contributed by atoms with Crippen LogP contribution in [-0.2, 0) is 0 Å². The van der Waals surface area contributed by atoms with Crippen molar-refractivity contribution in [1.29, 1.82) is 0 Å². The maximum atomic E-state index is 2.47. The molecule has 70 valence electrons. The maximum absolute atomic E-state index is 2.47. The molecule has 2 aliphatic rings. The molecule has 2 rings (SSSR count). The predicted octanol–water partition coefficient (Wildman–Crippen LogP) is 3.71. The second kappa shape index (κ2) is 3.05. The van der Waals surface area contributed by atoms with E-state index in [0.717, 1.165) is 29.6 Å². The Hall–Kier alpha value is 0. The maximum Gasteiger partial charge on any atom is -0.0360 e. The first kappa shape index (κ1) is 8.59. The zero-order valence-electron chi connectivity index (χ0n) is 8.72. The van der Waals surface area contributed by atoms with Gasteiger partial charge in [0.2, 0.25) is 0 Å². The summed E-state index contributed by atoms with van der Waals surface area (Å²) in [4.78, 5) is 0. The average Bonchev–Trinajstić information content (AvgIpc) is 2.88. The van der Waals surface area contributed by atoms with Crippen LogP contribution in [0.4, 0.5) is 0 Å². The van der Waals surface area contributed by atoms with Crippen molar-refractivity contribution in [2.24, 2.45) is 29.6 Å². The van der Waals surface area contributed by atoms with Crippen molar-refractivity contribution in [1.82, 2.24) is 0 Å². The molecule has 12 heavy (non-hydrogen) atoms. The summed E-state index contributed by atoms with van der Waals surface area (Å²) in [6, 6.07) is 0. The van der Waals surface area contributed by atoms with Gasteiger partial charge in [0, 0.05) is 0 Å². The summed E-state index contributed by atoms with van der Waals surface area (Å²) in [6.45, 7) is 7.22. The van der Waals surface area contributed by atoms with Gasteiger partial charge in [-0.1, -0.05) is 27.2 Å². The fourth-order valence-corrected chi connectivity index (χ4v) is 2.90. The Bertz CT molecular complexity index is 161. The fourth-order valence-electron chi connectivity index (χ4n) is 2.90. The molecule has 0 amide bonds. The quantitative estimate of drug-likeness (QED) is 0.597. The van der Waals surface area contributed by atoms with Crippen molar-refractivity contribution in [3.63, 3.8) is 0 Å². The molecule has 0 N–H and O–H groups in total. The van der Waals surface area contributed by atoms with Gasteiger partial charge in [-0.15, -0.1) is 0 Å². The first-order valence-electron chi connectivity index (χ1n) is 5.72. The van der Waals surface area contributed by atoms with E-state index in [4.69, 9.17) is 0 Å². The Labute approximate surface area is 76.7 Å². The molecule has 0 heteroatoms. The third-order valence-corrected chi connectivity index (χ3v) is 4.17. The number of hydrogen-bond acceptors (Lipinski definition) is 0. The minimum absolute atomic E-state index is 1.03. The van der Waals surface area contributed by atoms with Crippen molar-refractivity contribution >= 4 is 0 Å². The highest BCUT2D eigenvalue weighted by Crippen LogP contribution is 2.51. The molecule has 2 fully saturated rings. The second-order valence-electron chi connectivity index (χ2n) is 5.25. The predicted molar refractivity (Wildman–Crippen MR) is 52.9 cm³/mol. The highest BCUT2D eigenvalue weighted by molar-refractivity contribution is 4.92. The van der Waals surface area contributed by atoms with E-state index in [1.807, 2.05) is 0 Å². The van der Waals surface area contributed by atoms with Gasteiger partial charge in [0.15, 0.2) is 0 Å². The van der Waals surface area contributed by atoms with Crippen LogP contribution in [0.15, 0.2) is 0 Å². The van der Waals surface area contributed by atoms with Gasteiger partial charge in [0.25, 0.3) is 0 Å². The van der Waals surface area contributed by atoms with Crippen LogP contribution in [0, 0.1) is 29.6 Å². The van der Waals surface area contributed by atoms with Crippen LogP contribution < -0.4 is 0 Å². The zero-order valence-corrected chi connectivity index (χ0v) is 8.72. The first-order valence-corrected chi connectivity index (χ1v) is 5.72. The molecule has 0 aromatic rings. The molecule has 5 unspecified atom stereocenters. The van der Waals surface area contributed by atoms with Gasteiger partial charge in [-0.25, -0.2) is 0 Å². The van der Waals surface area contributed by atoms with Crippen LogP contribution in [0.3, 0.4) is 0 Å². The van der Waals surface area contributed by atoms with Crippen molar-refractivity contribution in [3.05, 3.63) is 0 Å². The van der Waals surface area contributed by atoms with Gasteiger partial charge in [-0.3, -0.25) is 0 Å². The van der Waals surface area contributed by atoms with Gasteiger partial charge in [0.05, 0.1) is 0 Å². The Morgan fingerprint density at radius 1 is 1.25 bits per heavy atom. The van der Waals surface area contributed by atoms with Gasteiger partial charge < -0.3 is 0 Å². The molecule has 0 aromatic carbocycles. The summed E-state index contributed by atoms with van der Waals surface area (Å²) in [5, 5.41) is 0. The lowest BCUT2D eigenvalue weighted by atomic mass is 9.97. The largest absolute Gasteiger partial charge is 0.0651 e. The standard InChI is InChI=1S/C12H22/c1-4-10-7-11(10)5-8(2)12-6-9(12)3/h8-12H,4-7H2,1-3H3. The molecule has 0 aromatic heterocycles. The summed E-state index contributed by atoms with van der Waals surface area (Å²) in [7, 11) is 0. The van der Waals surface area contributed by atoms with Crippen LogP contribution in [0.1, 0.15) is 46.5 Å². The Kier molecular flexibility index (Phi) is 2.18. The number of rotatable bonds is 4. The second-order valence-corrected chi connectivity index (χ2v) is 5.25. The molecule has 0 heterocycles. The van der Waals surface area contributed by atoms with Gasteiger partial charge in [0.1, 0.15) is 0 Å². The van der Waals surface area contributed by atoms with Crippen LogP contribution in [0.25, 0.3) is 0 Å². The van der Waals surface area contributed by atoms with Crippen LogP contribution in [0.5, 0.6) is 0 Å². The smallest absolute Gasteiger partial charge is 0.0360 e. The van der Waals surface area contributed by atoms with E-state index in [0.29, 0.717) is 0 Å². The summed E-state index contributed by atoms with van der Waals surface area (Å²) in [6.07, 6.45) is 6.03. The van der Waals surface area contributed by atoms with Crippen molar-refractivity contribution in [2.45, 2.75) is 46.5 Å². The monoisotopic (exact) mass is 166 g/mol. The third-order valence-electron chi connectivity index (χ3n) is 4.17. The SMILES string of the molecule is CCC1CC1CC(C)C1CC1C. The van der Waals surface area contributed by atoms with Crippen molar-refractivity contribution < 1.29 is 0 Å². The van der Waals surface area contributed by atoms with E-state index >= 15 is 0 Å². The van der Waals surface area contributed by atoms with E-state index in [1.165, 1.54) is 19.3 Å². The Balaban J connectivity index is 1.67. The van der Waals surface area contributed by atoms with Crippen LogP contribution >= 0.6 is 0 Å². The van der Waals surface area contributed by atoms with Crippen LogP contribution in [-0.4, -0.2) is 0 Å². The van der Waals surface area contributed by atoms with Crippen molar-refractivity contribution in [2.75, 3.05) is 0 Å². The van der Waals surface area contributed by atoms with E-state index < -0.39 is 0 Å². The van der Waals surface area contributed by atoms with E-state index in [1.54, 1.807) is 6.42 Å². The van der Waals surface area contributed by atoms with Gasteiger partial charge >= 0.3 is 0 Å². The summed E-state index contributed by atoms with van der Waals surface area (Å²) >= 11 is 0. The lowest BCUT2D eigenvalue weighted by Crippen LogP contribution is -2.00. The van der Waals surface area contributed by atoms with E-state index in [9.17, 15) is 0 Å². The molecule has 0 aliphatic heterocycles. The summed E-state index contributed by atoms with van der Waals surface area (Å²) in [5.41, 5.74) is 0. The lowest BCUT2D eigenvalue weighted by Gasteiger charge is -2.09. The molecule has 5 atom stereocenters. The Morgan fingerprint density at radius 3 is 2.33 bits per heavy atom. The minimum Gasteiger partial charge on any atom is -0.0651 e. The molecule has 0 bridgehead atoms. The molecule has 0 radical (unpaired) electrons. The molecule has 2 saturated carbocycles. The van der Waals surface area contributed by atoms with Crippen LogP contribution in [0.2, 0.25) is 0 Å². The summed E-state index contributed by atoms with van der Waals surface area (Å²) in [5.74, 6) is 5.42. The molecule has 0 saturated heterocycles.